The Labute approximate surface area is 167 Å². The zero-order valence-corrected chi connectivity index (χ0v) is 15.9. The van der Waals surface area contributed by atoms with Gasteiger partial charge in [-0.15, -0.1) is 0 Å². The molecule has 2 fully saturated rings. The number of nitrogens with zero attached hydrogens (tertiary/aromatic N) is 2. The number of amides is 2. The Morgan fingerprint density at radius 2 is 2.00 bits per heavy atom. The number of H-pyrrole nitrogens is 1. The monoisotopic (exact) mass is 399 g/mol. The van der Waals surface area contributed by atoms with Gasteiger partial charge in [0.05, 0.1) is 12.1 Å². The Balaban J connectivity index is 1.51. The fraction of sp³-hybridized carbons (Fsp3) is 0.381. The number of rotatable bonds is 2. The van der Waals surface area contributed by atoms with Crippen LogP contribution in [0.3, 0.4) is 0 Å². The minimum absolute atomic E-state index is 0.0805. The third-order valence-electron chi connectivity index (χ3n) is 5.60. The van der Waals surface area contributed by atoms with Crippen molar-refractivity contribution in [3.63, 3.8) is 0 Å². The van der Waals surface area contributed by atoms with E-state index in [2.05, 4.69) is 4.98 Å². The van der Waals surface area contributed by atoms with Crippen LogP contribution in [-0.2, 0) is 9.53 Å². The number of halogens is 1. The minimum atomic E-state index is -0.599. The number of nitrogens with one attached hydrogen (secondary N) is 1. The fourth-order valence-electron chi connectivity index (χ4n) is 4.03. The topological polar surface area (TPSA) is 82.7 Å². The molecule has 4 rings (SSSR count). The molecule has 1 N–H and O–H groups in total. The van der Waals surface area contributed by atoms with Gasteiger partial charge >= 0.3 is 0 Å². The summed E-state index contributed by atoms with van der Waals surface area (Å²) < 4.78 is 19.6. The van der Waals surface area contributed by atoms with Crippen molar-refractivity contribution >= 4 is 17.5 Å². The maximum Gasteiger partial charge on any atom is 0.260 e. The SMILES string of the molecule is O=C(c1ccc[nH]c1=O)N1CCCC2(CC1)CN(c1cccc(F)c1)C(=O)CO2. The largest absolute Gasteiger partial charge is 0.363 e. The number of aromatic nitrogens is 1. The summed E-state index contributed by atoms with van der Waals surface area (Å²) in [6.45, 7) is 1.15. The molecule has 0 radical (unpaired) electrons. The molecule has 3 heterocycles. The molecule has 1 aromatic heterocycles. The Bertz CT molecular complexity index is 992. The van der Waals surface area contributed by atoms with E-state index in [-0.39, 0.29) is 24.0 Å². The van der Waals surface area contributed by atoms with Crippen molar-refractivity contribution in [2.75, 3.05) is 31.1 Å². The Morgan fingerprint density at radius 1 is 1.14 bits per heavy atom. The lowest BCUT2D eigenvalue weighted by molar-refractivity contribution is -0.140. The number of ether oxygens (including phenoxy) is 1. The van der Waals surface area contributed by atoms with Crippen molar-refractivity contribution in [1.29, 1.82) is 0 Å². The van der Waals surface area contributed by atoms with Crippen molar-refractivity contribution in [2.45, 2.75) is 24.9 Å². The van der Waals surface area contributed by atoms with Crippen molar-refractivity contribution in [3.8, 4) is 0 Å². The average molecular weight is 399 g/mol. The second-order valence-electron chi connectivity index (χ2n) is 7.49. The standard InChI is InChI=1S/C21H22FN3O4/c22-15-4-1-5-16(12-15)25-14-21(29-13-18(25)26)7-3-10-24(11-8-21)20(28)17-6-2-9-23-19(17)27/h1-2,4-6,9,12H,3,7-8,10-11,13-14H2,(H,23,27). The molecule has 2 aliphatic heterocycles. The number of morpholine rings is 1. The highest BCUT2D eigenvalue weighted by molar-refractivity contribution is 5.95. The van der Waals surface area contributed by atoms with Crippen LogP contribution in [0.5, 0.6) is 0 Å². The van der Waals surface area contributed by atoms with Gasteiger partial charge in [-0.2, -0.15) is 0 Å². The first kappa shape index (κ1) is 19.3. The van der Waals surface area contributed by atoms with E-state index in [1.807, 2.05) is 0 Å². The number of benzene rings is 1. The van der Waals surface area contributed by atoms with Gasteiger partial charge in [0.2, 0.25) is 0 Å². The Kier molecular flexibility index (Phi) is 5.19. The first-order chi connectivity index (χ1) is 14.0. The molecule has 0 saturated carbocycles. The van der Waals surface area contributed by atoms with Crippen molar-refractivity contribution in [1.82, 2.24) is 9.88 Å². The molecular formula is C21H22FN3O4. The summed E-state index contributed by atoms with van der Waals surface area (Å²) in [7, 11) is 0. The maximum atomic E-state index is 13.6. The van der Waals surface area contributed by atoms with Crippen LogP contribution in [0.15, 0.2) is 47.4 Å². The molecule has 2 saturated heterocycles. The van der Waals surface area contributed by atoms with E-state index < -0.39 is 17.0 Å². The van der Waals surface area contributed by atoms with Gasteiger partial charge < -0.3 is 19.5 Å². The van der Waals surface area contributed by atoms with E-state index in [1.165, 1.54) is 24.4 Å². The van der Waals surface area contributed by atoms with Crippen LogP contribution in [0.4, 0.5) is 10.1 Å². The number of anilines is 1. The third kappa shape index (κ3) is 3.93. The summed E-state index contributed by atoms with van der Waals surface area (Å²) in [5, 5.41) is 0. The maximum absolute atomic E-state index is 13.6. The van der Waals surface area contributed by atoms with Gasteiger partial charge in [0, 0.05) is 25.0 Å². The van der Waals surface area contributed by atoms with E-state index in [0.717, 1.165) is 0 Å². The van der Waals surface area contributed by atoms with Crippen LogP contribution in [0.2, 0.25) is 0 Å². The summed E-state index contributed by atoms with van der Waals surface area (Å²) >= 11 is 0. The van der Waals surface area contributed by atoms with Crippen molar-refractivity contribution in [3.05, 3.63) is 64.3 Å². The lowest BCUT2D eigenvalue weighted by Gasteiger charge is -2.42. The quantitative estimate of drug-likeness (QED) is 0.837. The van der Waals surface area contributed by atoms with E-state index in [9.17, 15) is 18.8 Å². The first-order valence-corrected chi connectivity index (χ1v) is 9.64. The number of aromatic amines is 1. The molecule has 0 bridgehead atoms. The summed E-state index contributed by atoms with van der Waals surface area (Å²) in [6, 6.07) is 9.10. The van der Waals surface area contributed by atoms with E-state index in [4.69, 9.17) is 4.74 Å². The minimum Gasteiger partial charge on any atom is -0.363 e. The highest BCUT2D eigenvalue weighted by Gasteiger charge is 2.42. The van der Waals surface area contributed by atoms with Gasteiger partial charge in [0.25, 0.3) is 17.4 Å². The molecule has 152 valence electrons. The Morgan fingerprint density at radius 3 is 2.79 bits per heavy atom. The lowest BCUT2D eigenvalue weighted by atomic mass is 9.92. The smallest absolute Gasteiger partial charge is 0.260 e. The summed E-state index contributed by atoms with van der Waals surface area (Å²) in [4.78, 5) is 42.9. The second-order valence-corrected chi connectivity index (χ2v) is 7.49. The second kappa shape index (κ2) is 7.79. The summed E-state index contributed by atoms with van der Waals surface area (Å²) in [6.07, 6.45) is 3.37. The number of carbonyl (C=O) groups excluding carboxylic acids is 2. The first-order valence-electron chi connectivity index (χ1n) is 9.64. The molecule has 1 unspecified atom stereocenters. The molecular weight excluding hydrogens is 377 g/mol. The van der Waals surface area contributed by atoms with Crippen LogP contribution < -0.4 is 10.5 Å². The van der Waals surface area contributed by atoms with Gasteiger partial charge in [-0.1, -0.05) is 6.07 Å². The molecule has 2 aromatic rings. The average Bonchev–Trinajstić information content (AvgIpc) is 2.93. The van der Waals surface area contributed by atoms with Gasteiger partial charge in [0.15, 0.2) is 0 Å². The lowest BCUT2D eigenvalue weighted by Crippen LogP contribution is -2.55. The predicted octanol–water partition coefficient (Wildman–Crippen LogP) is 1.94. The molecule has 2 aliphatic rings. The van der Waals surface area contributed by atoms with E-state index >= 15 is 0 Å². The molecule has 0 aliphatic carbocycles. The van der Waals surface area contributed by atoms with Crippen LogP contribution >= 0.6 is 0 Å². The third-order valence-corrected chi connectivity index (χ3v) is 5.60. The van der Waals surface area contributed by atoms with Gasteiger partial charge in [0.1, 0.15) is 18.0 Å². The van der Waals surface area contributed by atoms with Gasteiger partial charge in [-0.05, 0) is 49.6 Å². The van der Waals surface area contributed by atoms with Crippen molar-refractivity contribution in [2.24, 2.45) is 0 Å². The predicted molar refractivity (Wildman–Crippen MR) is 104 cm³/mol. The molecule has 8 heteroatoms. The van der Waals surface area contributed by atoms with Crippen LogP contribution in [0, 0.1) is 5.82 Å². The summed E-state index contributed by atoms with van der Waals surface area (Å²) in [5.41, 5.74) is -0.387. The normalized spacial score (nSPS) is 22.6. The number of carbonyl (C=O) groups is 2. The van der Waals surface area contributed by atoms with Crippen molar-refractivity contribution < 1.29 is 18.7 Å². The highest BCUT2D eigenvalue weighted by atomic mass is 19.1. The summed E-state index contributed by atoms with van der Waals surface area (Å²) in [5.74, 6) is -0.923. The van der Waals surface area contributed by atoms with Crippen LogP contribution in [0.1, 0.15) is 29.6 Å². The van der Waals surface area contributed by atoms with Gasteiger partial charge in [-0.3, -0.25) is 14.4 Å². The van der Waals surface area contributed by atoms with Crippen LogP contribution in [-0.4, -0.2) is 53.5 Å². The zero-order valence-electron chi connectivity index (χ0n) is 15.9. The molecule has 1 aromatic carbocycles. The number of likely N-dealkylation sites (tertiary alicyclic amines) is 1. The number of hydrogen-bond donors (Lipinski definition) is 1. The van der Waals surface area contributed by atoms with Crippen LogP contribution in [0.25, 0.3) is 0 Å². The Hall–Kier alpha value is -3.00. The molecule has 1 spiro atoms. The fourth-order valence-corrected chi connectivity index (χ4v) is 4.03. The molecule has 1 atom stereocenters. The number of hydrogen-bond acceptors (Lipinski definition) is 4. The number of pyridine rings is 1. The van der Waals surface area contributed by atoms with E-state index in [0.29, 0.717) is 44.6 Å². The molecule has 2 amide bonds. The highest BCUT2D eigenvalue weighted by Crippen LogP contribution is 2.33. The molecule has 7 nitrogen and oxygen atoms in total. The van der Waals surface area contributed by atoms with Gasteiger partial charge in [-0.25, -0.2) is 4.39 Å². The van der Waals surface area contributed by atoms with E-state index in [1.54, 1.807) is 28.0 Å². The molecule has 29 heavy (non-hydrogen) atoms. The zero-order chi connectivity index (χ0) is 20.4.